The van der Waals surface area contributed by atoms with E-state index in [1.807, 2.05) is 54.6 Å². The van der Waals surface area contributed by atoms with Crippen molar-refractivity contribution in [3.05, 3.63) is 60.2 Å². The number of para-hydroxylation sites is 2. The van der Waals surface area contributed by atoms with Crippen molar-refractivity contribution in [2.75, 3.05) is 20.8 Å². The maximum atomic E-state index is 12.0. The van der Waals surface area contributed by atoms with Crippen LogP contribution >= 0.6 is 0 Å². The molecule has 0 aliphatic heterocycles. The van der Waals surface area contributed by atoms with Crippen LogP contribution < -0.4 is 9.47 Å². The normalized spacial score (nSPS) is 11.5. The molecule has 0 radical (unpaired) electrons. The minimum Gasteiger partial charge on any atom is -0.496 e. The second-order valence-corrected chi connectivity index (χ2v) is 4.44. The summed E-state index contributed by atoms with van der Waals surface area (Å²) in [6.07, 6.45) is 0. The predicted molar refractivity (Wildman–Crippen MR) is 79.7 cm³/mol. The zero-order valence-corrected chi connectivity index (χ0v) is 12.1. The van der Waals surface area contributed by atoms with E-state index >= 15 is 0 Å². The van der Waals surface area contributed by atoms with Crippen LogP contribution in [0.15, 0.2) is 54.6 Å². The largest absolute Gasteiger partial charge is 0.496 e. The average molecular weight is 286 g/mol. The summed E-state index contributed by atoms with van der Waals surface area (Å²) in [5.74, 6) is 0.465. The van der Waals surface area contributed by atoms with Crippen molar-refractivity contribution in [3.8, 4) is 11.5 Å². The van der Waals surface area contributed by atoms with Gasteiger partial charge in [0.05, 0.1) is 14.2 Å². The molecule has 0 saturated heterocycles. The third-order valence-electron chi connectivity index (χ3n) is 3.16. The first-order valence-electron chi connectivity index (χ1n) is 6.65. The summed E-state index contributed by atoms with van der Waals surface area (Å²) in [5.41, 5.74) is 0.753. The Hall–Kier alpha value is -2.49. The highest BCUT2D eigenvalue weighted by atomic mass is 16.5. The molecule has 0 heterocycles. The van der Waals surface area contributed by atoms with Gasteiger partial charge in [0.15, 0.2) is 0 Å². The summed E-state index contributed by atoms with van der Waals surface area (Å²) in [5, 5.41) is 0. The van der Waals surface area contributed by atoms with Gasteiger partial charge < -0.3 is 14.2 Å². The fourth-order valence-corrected chi connectivity index (χ4v) is 2.08. The lowest BCUT2D eigenvalue weighted by Crippen LogP contribution is -2.22. The Labute approximate surface area is 124 Å². The molecule has 0 aliphatic rings. The minimum atomic E-state index is -0.536. The molecule has 0 spiro atoms. The summed E-state index contributed by atoms with van der Waals surface area (Å²) in [6.45, 7) is 0.192. The van der Waals surface area contributed by atoms with Gasteiger partial charge in [0.2, 0.25) is 0 Å². The van der Waals surface area contributed by atoms with Gasteiger partial charge in [-0.05, 0) is 18.2 Å². The maximum Gasteiger partial charge on any atom is 0.316 e. The van der Waals surface area contributed by atoms with Gasteiger partial charge in [0.25, 0.3) is 0 Å². The monoisotopic (exact) mass is 286 g/mol. The van der Waals surface area contributed by atoms with Crippen molar-refractivity contribution in [1.82, 2.24) is 0 Å². The molecular weight excluding hydrogens is 268 g/mol. The van der Waals surface area contributed by atoms with Crippen LogP contribution in [0.25, 0.3) is 0 Å². The van der Waals surface area contributed by atoms with Crippen molar-refractivity contribution in [1.29, 1.82) is 0 Å². The van der Waals surface area contributed by atoms with Gasteiger partial charge in [0.1, 0.15) is 24.0 Å². The lowest BCUT2D eigenvalue weighted by Gasteiger charge is -2.18. The van der Waals surface area contributed by atoms with E-state index in [-0.39, 0.29) is 12.6 Å². The van der Waals surface area contributed by atoms with Crippen molar-refractivity contribution >= 4 is 5.97 Å². The molecule has 1 unspecified atom stereocenters. The number of methoxy groups -OCH3 is 2. The third kappa shape index (κ3) is 3.75. The fraction of sp³-hybridized carbons (Fsp3) is 0.235. The van der Waals surface area contributed by atoms with E-state index in [9.17, 15) is 4.79 Å². The lowest BCUT2D eigenvalue weighted by atomic mass is 9.99. The molecule has 2 aromatic rings. The summed E-state index contributed by atoms with van der Waals surface area (Å²) in [6, 6.07) is 16.7. The Kier molecular flexibility index (Phi) is 5.21. The minimum absolute atomic E-state index is 0.192. The highest BCUT2D eigenvalue weighted by Gasteiger charge is 2.25. The van der Waals surface area contributed by atoms with Crippen molar-refractivity contribution in [2.24, 2.45) is 0 Å². The summed E-state index contributed by atoms with van der Waals surface area (Å²) >= 11 is 0. The first-order valence-corrected chi connectivity index (χ1v) is 6.65. The van der Waals surface area contributed by atoms with E-state index in [0.29, 0.717) is 11.5 Å². The topological polar surface area (TPSA) is 44.8 Å². The average Bonchev–Trinajstić information content (AvgIpc) is 2.56. The Bertz CT molecular complexity index is 580. The van der Waals surface area contributed by atoms with E-state index < -0.39 is 5.92 Å². The molecule has 110 valence electrons. The first-order chi connectivity index (χ1) is 10.3. The smallest absolute Gasteiger partial charge is 0.316 e. The summed E-state index contributed by atoms with van der Waals surface area (Å²) < 4.78 is 15.9. The summed E-state index contributed by atoms with van der Waals surface area (Å²) in [4.78, 5) is 12.0. The van der Waals surface area contributed by atoms with Gasteiger partial charge in [-0.3, -0.25) is 4.79 Å². The number of carbonyl (C=O) groups excluding carboxylic acids is 1. The van der Waals surface area contributed by atoms with Crippen molar-refractivity contribution < 1.29 is 19.0 Å². The molecule has 2 rings (SSSR count). The molecule has 0 amide bonds. The van der Waals surface area contributed by atoms with Gasteiger partial charge in [-0.25, -0.2) is 0 Å². The number of ether oxygens (including phenoxy) is 3. The second kappa shape index (κ2) is 7.33. The van der Waals surface area contributed by atoms with E-state index in [0.717, 1.165) is 5.56 Å². The number of hydrogen-bond donors (Lipinski definition) is 0. The quantitative estimate of drug-likeness (QED) is 0.766. The van der Waals surface area contributed by atoms with Crippen LogP contribution in [0.3, 0.4) is 0 Å². The molecule has 0 aliphatic carbocycles. The Morgan fingerprint density at radius 1 is 1.00 bits per heavy atom. The van der Waals surface area contributed by atoms with Gasteiger partial charge in [-0.1, -0.05) is 36.4 Å². The number of rotatable bonds is 6. The van der Waals surface area contributed by atoms with Crippen LogP contribution in [0, 0.1) is 0 Å². The van der Waals surface area contributed by atoms with Crippen LogP contribution in [0.1, 0.15) is 11.5 Å². The Balaban J connectivity index is 2.20. The van der Waals surface area contributed by atoms with E-state index in [4.69, 9.17) is 14.2 Å². The molecule has 1 atom stereocenters. The van der Waals surface area contributed by atoms with Crippen LogP contribution in [-0.4, -0.2) is 26.8 Å². The van der Waals surface area contributed by atoms with Crippen LogP contribution in [0.5, 0.6) is 11.5 Å². The highest BCUT2D eigenvalue weighted by Crippen LogP contribution is 2.28. The number of benzene rings is 2. The standard InChI is InChI=1S/C17H18O4/c1-19-16-11-7-6-10-14(16)15(17(18)20-2)12-21-13-8-4-3-5-9-13/h3-11,15H,12H2,1-2H3. The number of hydrogen-bond acceptors (Lipinski definition) is 4. The molecule has 4 nitrogen and oxygen atoms in total. The molecule has 0 saturated carbocycles. The molecule has 0 N–H and O–H groups in total. The van der Waals surface area contributed by atoms with Crippen LogP contribution in [0.2, 0.25) is 0 Å². The Morgan fingerprint density at radius 2 is 1.67 bits per heavy atom. The molecule has 0 fully saturated rings. The first kappa shape index (κ1) is 14.9. The van der Waals surface area contributed by atoms with Crippen molar-refractivity contribution in [2.45, 2.75) is 5.92 Å². The molecule has 2 aromatic carbocycles. The van der Waals surface area contributed by atoms with Gasteiger partial charge in [0, 0.05) is 5.56 Å². The summed E-state index contributed by atoms with van der Waals surface area (Å²) in [7, 11) is 2.94. The zero-order valence-electron chi connectivity index (χ0n) is 12.1. The number of carbonyl (C=O) groups is 1. The molecule has 4 heteroatoms. The number of esters is 1. The van der Waals surface area contributed by atoms with Crippen LogP contribution in [0.4, 0.5) is 0 Å². The molecular formula is C17H18O4. The Morgan fingerprint density at radius 3 is 2.33 bits per heavy atom. The second-order valence-electron chi connectivity index (χ2n) is 4.44. The zero-order chi connectivity index (χ0) is 15.1. The fourth-order valence-electron chi connectivity index (χ4n) is 2.08. The van der Waals surface area contributed by atoms with E-state index in [1.54, 1.807) is 7.11 Å². The maximum absolute atomic E-state index is 12.0. The predicted octanol–water partition coefficient (Wildman–Crippen LogP) is 3.03. The van der Waals surface area contributed by atoms with E-state index in [1.165, 1.54) is 7.11 Å². The molecule has 21 heavy (non-hydrogen) atoms. The third-order valence-corrected chi connectivity index (χ3v) is 3.16. The SMILES string of the molecule is COC(=O)C(COc1ccccc1)c1ccccc1OC. The molecule has 0 bridgehead atoms. The highest BCUT2D eigenvalue weighted by molar-refractivity contribution is 5.79. The van der Waals surface area contributed by atoms with Crippen LogP contribution in [-0.2, 0) is 9.53 Å². The lowest BCUT2D eigenvalue weighted by molar-refractivity contribution is -0.143. The van der Waals surface area contributed by atoms with Gasteiger partial charge >= 0.3 is 5.97 Å². The van der Waals surface area contributed by atoms with Crippen molar-refractivity contribution in [3.63, 3.8) is 0 Å². The van der Waals surface area contributed by atoms with E-state index in [2.05, 4.69) is 0 Å². The van der Waals surface area contributed by atoms with Gasteiger partial charge in [-0.15, -0.1) is 0 Å². The molecule has 0 aromatic heterocycles. The van der Waals surface area contributed by atoms with Gasteiger partial charge in [-0.2, -0.15) is 0 Å².